The van der Waals surface area contributed by atoms with Crippen LogP contribution in [-0.4, -0.2) is 53.6 Å². The molecule has 0 unspecified atom stereocenters. The number of rotatable bonds is 3. The van der Waals surface area contributed by atoms with Crippen LogP contribution >= 0.6 is 11.3 Å². The summed E-state index contributed by atoms with van der Waals surface area (Å²) >= 11 is 1.67. The number of nitrogens with zero attached hydrogens (tertiary/aromatic N) is 4. The maximum absolute atomic E-state index is 11.9. The molecule has 0 spiro atoms. The number of amides is 2. The van der Waals surface area contributed by atoms with E-state index in [4.69, 9.17) is 0 Å². The predicted octanol–water partition coefficient (Wildman–Crippen LogP) is 1.93. The topological polar surface area (TPSA) is 61.4 Å². The first kappa shape index (κ1) is 14.1. The van der Waals surface area contributed by atoms with Crippen LogP contribution in [0.2, 0.25) is 0 Å². The van der Waals surface area contributed by atoms with Crippen LogP contribution in [0.4, 0.5) is 10.6 Å². The van der Waals surface area contributed by atoms with E-state index in [0.717, 1.165) is 55.2 Å². The maximum Gasteiger partial charge on any atom is 0.317 e. The van der Waals surface area contributed by atoms with E-state index in [9.17, 15) is 4.79 Å². The summed E-state index contributed by atoms with van der Waals surface area (Å²) in [6.45, 7) is 5.87. The average molecular weight is 305 g/mol. The first-order chi connectivity index (χ1) is 10.3. The van der Waals surface area contributed by atoms with Crippen molar-refractivity contribution in [2.75, 3.05) is 37.6 Å². The Bertz CT molecular complexity index is 621. The zero-order chi connectivity index (χ0) is 14.7. The van der Waals surface area contributed by atoms with Crippen LogP contribution in [0, 0.1) is 0 Å². The number of thiophene rings is 1. The van der Waals surface area contributed by atoms with E-state index in [0.29, 0.717) is 0 Å². The summed E-state index contributed by atoms with van der Waals surface area (Å²) in [7, 11) is 0. The van der Waals surface area contributed by atoms with Crippen molar-refractivity contribution in [1.82, 2.24) is 20.2 Å². The van der Waals surface area contributed by atoms with Crippen molar-refractivity contribution in [3.05, 3.63) is 17.8 Å². The minimum atomic E-state index is 0.0421. The normalized spacial score (nSPS) is 15.5. The number of nitrogens with one attached hydrogen (secondary N) is 1. The summed E-state index contributed by atoms with van der Waals surface area (Å²) in [6.07, 6.45) is 2.58. The number of carbonyl (C=O) groups is 1. The van der Waals surface area contributed by atoms with E-state index in [-0.39, 0.29) is 6.03 Å². The van der Waals surface area contributed by atoms with E-state index in [2.05, 4.69) is 27.1 Å². The standard InChI is InChI=1S/C14H19N5OS/c1-2-4-15-14(20)19-7-5-18(6-8-19)13-12-11(3-9-21-12)16-10-17-13/h3,9-10H,2,4-8H2,1H3,(H,15,20). The Morgan fingerprint density at radius 3 is 2.90 bits per heavy atom. The number of hydrogen-bond donors (Lipinski definition) is 1. The third-order valence-corrected chi connectivity index (χ3v) is 4.52. The van der Waals surface area contributed by atoms with Crippen molar-refractivity contribution in [2.24, 2.45) is 0 Å². The Morgan fingerprint density at radius 2 is 2.14 bits per heavy atom. The first-order valence-electron chi connectivity index (χ1n) is 7.25. The predicted molar refractivity (Wildman–Crippen MR) is 84.9 cm³/mol. The van der Waals surface area contributed by atoms with Crippen LogP contribution in [0.15, 0.2) is 17.8 Å². The molecule has 0 saturated carbocycles. The van der Waals surface area contributed by atoms with Crippen LogP contribution in [0.3, 0.4) is 0 Å². The molecule has 1 fully saturated rings. The summed E-state index contributed by atoms with van der Waals surface area (Å²) in [4.78, 5) is 24.8. The highest BCUT2D eigenvalue weighted by Crippen LogP contribution is 2.28. The molecular weight excluding hydrogens is 286 g/mol. The molecule has 6 nitrogen and oxygen atoms in total. The SMILES string of the molecule is CCCNC(=O)N1CCN(c2ncnc3ccsc23)CC1. The Morgan fingerprint density at radius 1 is 1.33 bits per heavy atom. The van der Waals surface area contributed by atoms with Gasteiger partial charge < -0.3 is 15.1 Å². The minimum absolute atomic E-state index is 0.0421. The molecule has 21 heavy (non-hydrogen) atoms. The number of urea groups is 1. The third-order valence-electron chi connectivity index (χ3n) is 3.62. The van der Waals surface area contributed by atoms with Crippen molar-refractivity contribution in [3.8, 4) is 0 Å². The maximum atomic E-state index is 11.9. The molecule has 0 aromatic carbocycles. The van der Waals surface area contributed by atoms with Gasteiger partial charge in [-0.3, -0.25) is 0 Å². The number of carbonyl (C=O) groups excluding carboxylic acids is 1. The van der Waals surface area contributed by atoms with E-state index in [1.807, 2.05) is 16.3 Å². The van der Waals surface area contributed by atoms with Gasteiger partial charge in [-0.2, -0.15) is 0 Å². The first-order valence-corrected chi connectivity index (χ1v) is 8.13. The van der Waals surface area contributed by atoms with Crippen LogP contribution < -0.4 is 10.2 Å². The van der Waals surface area contributed by atoms with Crippen LogP contribution in [0.25, 0.3) is 10.2 Å². The molecule has 3 heterocycles. The van der Waals surface area contributed by atoms with Gasteiger partial charge in [0, 0.05) is 32.7 Å². The summed E-state index contributed by atoms with van der Waals surface area (Å²) in [6, 6.07) is 2.06. The van der Waals surface area contributed by atoms with Gasteiger partial charge in [0.05, 0.1) is 10.2 Å². The second-order valence-corrected chi connectivity index (χ2v) is 5.95. The molecule has 0 aliphatic carbocycles. The van der Waals surface area contributed by atoms with Crippen molar-refractivity contribution >= 4 is 33.4 Å². The highest BCUT2D eigenvalue weighted by Gasteiger charge is 2.23. The monoisotopic (exact) mass is 305 g/mol. The molecule has 2 aromatic heterocycles. The van der Waals surface area contributed by atoms with Crippen molar-refractivity contribution in [2.45, 2.75) is 13.3 Å². The average Bonchev–Trinajstić information content (AvgIpc) is 3.01. The number of anilines is 1. The quantitative estimate of drug-likeness (QED) is 0.941. The van der Waals surface area contributed by atoms with Gasteiger partial charge in [-0.15, -0.1) is 11.3 Å². The van der Waals surface area contributed by atoms with Gasteiger partial charge in [0.25, 0.3) is 0 Å². The second-order valence-electron chi connectivity index (χ2n) is 5.04. The second kappa shape index (κ2) is 6.26. The van der Waals surface area contributed by atoms with E-state index >= 15 is 0 Å². The van der Waals surface area contributed by atoms with E-state index < -0.39 is 0 Å². The Labute approximate surface area is 127 Å². The summed E-state index contributed by atoms with van der Waals surface area (Å²) in [5.74, 6) is 0.989. The Hall–Kier alpha value is -1.89. The number of piperazine rings is 1. The lowest BCUT2D eigenvalue weighted by atomic mass is 10.3. The van der Waals surface area contributed by atoms with Crippen molar-refractivity contribution in [3.63, 3.8) is 0 Å². The summed E-state index contributed by atoms with van der Waals surface area (Å²) < 4.78 is 1.13. The minimum Gasteiger partial charge on any atom is -0.352 e. The fourth-order valence-electron chi connectivity index (χ4n) is 2.47. The van der Waals surface area contributed by atoms with Crippen LogP contribution in [0.1, 0.15) is 13.3 Å². The molecule has 0 bridgehead atoms. The summed E-state index contributed by atoms with van der Waals surface area (Å²) in [5, 5.41) is 4.97. The van der Waals surface area contributed by atoms with Gasteiger partial charge in [0.15, 0.2) is 0 Å². The fraction of sp³-hybridized carbons (Fsp3) is 0.500. The van der Waals surface area contributed by atoms with Gasteiger partial charge in [0.2, 0.25) is 0 Å². The lowest BCUT2D eigenvalue weighted by Gasteiger charge is -2.35. The smallest absolute Gasteiger partial charge is 0.317 e. The molecule has 112 valence electrons. The molecule has 1 saturated heterocycles. The number of aromatic nitrogens is 2. The van der Waals surface area contributed by atoms with E-state index in [1.54, 1.807) is 17.7 Å². The van der Waals surface area contributed by atoms with Crippen LogP contribution in [-0.2, 0) is 0 Å². The molecule has 1 aliphatic rings. The Kier molecular flexibility index (Phi) is 4.19. The largest absolute Gasteiger partial charge is 0.352 e. The molecule has 3 rings (SSSR count). The third kappa shape index (κ3) is 2.92. The molecule has 1 aliphatic heterocycles. The number of fused-ring (bicyclic) bond motifs is 1. The zero-order valence-corrected chi connectivity index (χ0v) is 12.9. The van der Waals surface area contributed by atoms with Gasteiger partial charge in [-0.05, 0) is 17.9 Å². The summed E-state index contributed by atoms with van der Waals surface area (Å²) in [5.41, 5.74) is 0.994. The van der Waals surface area contributed by atoms with E-state index in [1.165, 1.54) is 0 Å². The molecule has 2 aromatic rings. The zero-order valence-electron chi connectivity index (χ0n) is 12.1. The highest BCUT2D eigenvalue weighted by atomic mass is 32.1. The fourth-order valence-corrected chi connectivity index (χ4v) is 3.33. The van der Waals surface area contributed by atoms with Gasteiger partial charge in [-0.25, -0.2) is 14.8 Å². The lowest BCUT2D eigenvalue weighted by Crippen LogP contribution is -2.52. The molecule has 2 amide bonds. The van der Waals surface area contributed by atoms with Gasteiger partial charge in [-0.1, -0.05) is 6.92 Å². The number of hydrogen-bond acceptors (Lipinski definition) is 5. The molecule has 0 atom stereocenters. The molecule has 1 N–H and O–H groups in total. The Balaban J connectivity index is 1.66. The van der Waals surface area contributed by atoms with Crippen molar-refractivity contribution in [1.29, 1.82) is 0 Å². The molecule has 0 radical (unpaired) electrons. The van der Waals surface area contributed by atoms with Crippen LogP contribution in [0.5, 0.6) is 0 Å². The van der Waals surface area contributed by atoms with Crippen molar-refractivity contribution < 1.29 is 4.79 Å². The molecular formula is C14H19N5OS. The van der Waals surface area contributed by atoms with Gasteiger partial charge >= 0.3 is 6.03 Å². The molecule has 7 heteroatoms. The van der Waals surface area contributed by atoms with Gasteiger partial charge in [0.1, 0.15) is 12.1 Å². The highest BCUT2D eigenvalue weighted by molar-refractivity contribution is 7.17. The lowest BCUT2D eigenvalue weighted by molar-refractivity contribution is 0.194.